The molecule has 0 spiro atoms. The second kappa shape index (κ2) is 16.4. The third-order valence-electron chi connectivity index (χ3n) is 17.5. The Morgan fingerprint density at radius 2 is 0.937 bits per heavy atom. The SMILES string of the molecule is CC1(C)c2cc3c4ccccc4c4ccccc4c3cc2-c2c1c1c(c3ccccc23)c2cc(N(c3cccc(-c4ccccc4)c3)c3ccc4c(ccc5ccccc54)c3)ccc2n1-c1ncc2ccc3ccccc3c2n1. The molecule has 4 heteroatoms. The summed E-state index contributed by atoms with van der Waals surface area (Å²) in [5.74, 6) is 0.650. The van der Waals surface area contributed by atoms with Crippen LogP contribution in [-0.4, -0.2) is 14.5 Å². The van der Waals surface area contributed by atoms with Crippen LogP contribution in [0.1, 0.15) is 25.0 Å². The number of aromatic nitrogens is 3. The van der Waals surface area contributed by atoms with E-state index in [-0.39, 0.29) is 0 Å². The molecule has 0 aliphatic heterocycles. The normalized spacial score (nSPS) is 13.0. The predicted molar refractivity (Wildman–Crippen MR) is 334 cm³/mol. The zero-order chi connectivity index (χ0) is 52.1. The fraction of sp³-hybridized carbons (Fsp3) is 0.0400. The average Bonchev–Trinajstić information content (AvgIpc) is 2.80. The van der Waals surface area contributed by atoms with Crippen molar-refractivity contribution >= 4 is 125 Å². The number of benzene rings is 14. The molecule has 1 aliphatic carbocycles. The Labute approximate surface area is 455 Å². The summed E-state index contributed by atoms with van der Waals surface area (Å²) in [5.41, 5.74) is 13.4. The molecule has 0 saturated carbocycles. The van der Waals surface area contributed by atoms with Crippen molar-refractivity contribution < 1.29 is 0 Å². The van der Waals surface area contributed by atoms with Gasteiger partial charge in [0.25, 0.3) is 0 Å². The standard InChI is InChI=1S/C75H48N4/c1-75(2)67-43-64-60-28-13-11-26-58(60)57-25-10-12-27-59(57)63(64)42-65(67)69-61-29-14-15-30-62(61)70-66-41-53(36-38-68(66)79(73(70)71(69)75)74-76-44-50-34-32-47-20-7-9-24-56(47)72(50)77-74)78(51-22-16-21-48(39-51)45-17-4-3-5-18-45)52-35-37-55-49(40-52)33-31-46-19-6-8-23-54(46)55/h3-44H,1-2H3. The Bertz CT molecular complexity index is 5300. The van der Waals surface area contributed by atoms with Gasteiger partial charge in [-0.1, -0.05) is 208 Å². The van der Waals surface area contributed by atoms with Gasteiger partial charge >= 0.3 is 0 Å². The Morgan fingerprint density at radius 1 is 0.380 bits per heavy atom. The van der Waals surface area contributed by atoms with Gasteiger partial charge in [0, 0.05) is 50.2 Å². The zero-order valence-corrected chi connectivity index (χ0v) is 43.5. The van der Waals surface area contributed by atoms with E-state index >= 15 is 0 Å². The number of nitrogens with zero attached hydrogens (tertiary/aromatic N) is 4. The third-order valence-corrected chi connectivity index (χ3v) is 17.5. The van der Waals surface area contributed by atoms with Crippen molar-refractivity contribution in [1.29, 1.82) is 0 Å². The van der Waals surface area contributed by atoms with Gasteiger partial charge in [-0.15, -0.1) is 0 Å². The molecule has 0 atom stereocenters. The molecule has 2 aromatic heterocycles. The number of rotatable bonds is 5. The molecule has 368 valence electrons. The van der Waals surface area contributed by atoms with Crippen LogP contribution >= 0.6 is 0 Å². The minimum absolute atomic E-state index is 0.439. The molecule has 16 aromatic rings. The van der Waals surface area contributed by atoms with Crippen molar-refractivity contribution in [3.05, 3.63) is 266 Å². The van der Waals surface area contributed by atoms with Crippen molar-refractivity contribution in [2.45, 2.75) is 19.3 Å². The molecule has 17 rings (SSSR count). The van der Waals surface area contributed by atoms with Gasteiger partial charge in [-0.3, -0.25) is 4.57 Å². The monoisotopic (exact) mass is 1000 g/mol. The summed E-state index contributed by atoms with van der Waals surface area (Å²) in [4.78, 5) is 13.4. The lowest BCUT2D eigenvalue weighted by Crippen LogP contribution is -2.17. The van der Waals surface area contributed by atoms with Gasteiger partial charge in [0.15, 0.2) is 0 Å². The van der Waals surface area contributed by atoms with Crippen LogP contribution in [0.2, 0.25) is 0 Å². The number of anilines is 3. The Morgan fingerprint density at radius 3 is 1.70 bits per heavy atom. The van der Waals surface area contributed by atoms with Gasteiger partial charge in [-0.2, -0.15) is 0 Å². The van der Waals surface area contributed by atoms with Gasteiger partial charge in [-0.25, -0.2) is 9.97 Å². The summed E-state index contributed by atoms with van der Waals surface area (Å²) in [6.07, 6.45) is 2.02. The highest BCUT2D eigenvalue weighted by molar-refractivity contribution is 6.30. The van der Waals surface area contributed by atoms with Crippen LogP contribution in [0.25, 0.3) is 136 Å². The van der Waals surface area contributed by atoms with Crippen LogP contribution in [-0.2, 0) is 5.41 Å². The first-order valence-electron chi connectivity index (χ1n) is 27.4. The fourth-order valence-corrected chi connectivity index (χ4v) is 13.9. The smallest absolute Gasteiger partial charge is 0.235 e. The summed E-state index contributed by atoms with van der Waals surface area (Å²) in [5, 5.41) is 20.6. The maximum Gasteiger partial charge on any atom is 0.235 e. The van der Waals surface area contributed by atoms with Gasteiger partial charge in [0.2, 0.25) is 5.95 Å². The lowest BCUT2D eigenvalue weighted by atomic mass is 9.80. The minimum atomic E-state index is -0.439. The Balaban J connectivity index is 0.993. The van der Waals surface area contributed by atoms with Crippen molar-refractivity contribution in [1.82, 2.24) is 14.5 Å². The zero-order valence-electron chi connectivity index (χ0n) is 43.5. The first-order valence-corrected chi connectivity index (χ1v) is 27.4. The van der Waals surface area contributed by atoms with Crippen molar-refractivity contribution in [3.63, 3.8) is 0 Å². The van der Waals surface area contributed by atoms with E-state index in [1.807, 2.05) is 6.20 Å². The molecule has 0 radical (unpaired) electrons. The Hall–Kier alpha value is -10.2. The maximum absolute atomic E-state index is 5.64. The van der Waals surface area contributed by atoms with E-state index in [2.05, 4.69) is 272 Å². The molecule has 79 heavy (non-hydrogen) atoms. The van der Waals surface area contributed by atoms with E-state index in [1.54, 1.807) is 0 Å². The van der Waals surface area contributed by atoms with Gasteiger partial charge in [-0.05, 0) is 158 Å². The van der Waals surface area contributed by atoms with E-state index in [9.17, 15) is 0 Å². The van der Waals surface area contributed by atoms with Crippen LogP contribution in [0.3, 0.4) is 0 Å². The van der Waals surface area contributed by atoms with E-state index < -0.39 is 5.41 Å². The molecule has 2 heterocycles. The van der Waals surface area contributed by atoms with E-state index in [0.717, 1.165) is 60.7 Å². The van der Waals surface area contributed by atoms with Crippen molar-refractivity contribution in [2.24, 2.45) is 0 Å². The van der Waals surface area contributed by atoms with Crippen LogP contribution in [0.4, 0.5) is 17.1 Å². The van der Waals surface area contributed by atoms with Crippen LogP contribution < -0.4 is 4.90 Å². The average molecular weight is 1010 g/mol. The summed E-state index contributed by atoms with van der Waals surface area (Å²) in [6.45, 7) is 4.88. The highest BCUT2D eigenvalue weighted by Crippen LogP contribution is 2.58. The fourth-order valence-electron chi connectivity index (χ4n) is 13.9. The molecule has 14 aromatic carbocycles. The predicted octanol–water partition coefficient (Wildman–Crippen LogP) is 20.2. The van der Waals surface area contributed by atoms with Gasteiger partial charge in [0.1, 0.15) is 0 Å². The van der Waals surface area contributed by atoms with Gasteiger partial charge in [0.05, 0.1) is 16.6 Å². The van der Waals surface area contributed by atoms with Crippen LogP contribution in [0, 0.1) is 0 Å². The first-order chi connectivity index (χ1) is 38.9. The molecular formula is C75H48N4. The topological polar surface area (TPSA) is 34.0 Å². The van der Waals surface area contributed by atoms with Crippen molar-refractivity contribution in [3.8, 4) is 28.2 Å². The maximum atomic E-state index is 5.64. The number of hydrogen-bond acceptors (Lipinski definition) is 3. The molecule has 1 aliphatic rings. The van der Waals surface area contributed by atoms with Gasteiger partial charge < -0.3 is 4.90 Å². The largest absolute Gasteiger partial charge is 0.310 e. The minimum Gasteiger partial charge on any atom is -0.310 e. The second-order valence-corrected chi connectivity index (χ2v) is 22.1. The summed E-state index contributed by atoms with van der Waals surface area (Å²) in [7, 11) is 0. The first kappa shape index (κ1) is 44.0. The summed E-state index contributed by atoms with van der Waals surface area (Å²) < 4.78 is 2.40. The molecule has 0 fully saturated rings. The van der Waals surface area contributed by atoms with Crippen LogP contribution in [0.15, 0.2) is 255 Å². The highest BCUT2D eigenvalue weighted by atomic mass is 15.2. The van der Waals surface area contributed by atoms with E-state index in [1.165, 1.54) is 97.8 Å². The van der Waals surface area contributed by atoms with Crippen molar-refractivity contribution in [2.75, 3.05) is 4.90 Å². The summed E-state index contributed by atoms with van der Waals surface area (Å²) >= 11 is 0. The molecule has 0 saturated heterocycles. The molecular weight excluding hydrogens is 957 g/mol. The lowest BCUT2D eigenvalue weighted by Gasteiger charge is -2.27. The van der Waals surface area contributed by atoms with E-state index in [4.69, 9.17) is 9.97 Å². The Kier molecular flexibility index (Phi) is 9.15. The molecule has 0 amide bonds. The van der Waals surface area contributed by atoms with Crippen LogP contribution in [0.5, 0.6) is 0 Å². The van der Waals surface area contributed by atoms with E-state index in [0.29, 0.717) is 5.95 Å². The number of hydrogen-bond donors (Lipinski definition) is 0. The molecule has 0 bridgehead atoms. The third kappa shape index (κ3) is 6.31. The quantitative estimate of drug-likeness (QED) is 0.161. The summed E-state index contributed by atoms with van der Waals surface area (Å²) in [6, 6.07) is 91.9. The lowest BCUT2D eigenvalue weighted by molar-refractivity contribution is 0.664. The highest BCUT2D eigenvalue weighted by Gasteiger charge is 2.41. The number of fused-ring (bicyclic) bond motifs is 22. The molecule has 4 nitrogen and oxygen atoms in total. The molecule has 0 unspecified atom stereocenters. The second-order valence-electron chi connectivity index (χ2n) is 22.1. The molecule has 0 N–H and O–H groups in total.